The number of hydrogen-bond acceptors (Lipinski definition) is 4. The van der Waals surface area contributed by atoms with Crippen molar-refractivity contribution in [3.63, 3.8) is 0 Å². The van der Waals surface area contributed by atoms with Crippen LogP contribution >= 0.6 is 35.3 Å². The second kappa shape index (κ2) is 12.1. The summed E-state index contributed by atoms with van der Waals surface area (Å²) < 4.78 is 0. The van der Waals surface area contributed by atoms with Gasteiger partial charge in [0, 0.05) is 50.7 Å². The highest BCUT2D eigenvalue weighted by molar-refractivity contribution is 14.0. The van der Waals surface area contributed by atoms with Gasteiger partial charge in [-0.2, -0.15) is 0 Å². The van der Waals surface area contributed by atoms with E-state index in [1.54, 1.807) is 11.3 Å². The third-order valence-electron chi connectivity index (χ3n) is 4.48. The Bertz CT molecular complexity index is 511. The van der Waals surface area contributed by atoms with Gasteiger partial charge in [0.05, 0.1) is 6.54 Å². The second-order valence-corrected chi connectivity index (χ2v) is 7.81. The second-order valence-electron chi connectivity index (χ2n) is 6.81. The molecule has 0 amide bonds. The first-order valence-electron chi connectivity index (χ1n) is 9.04. The Balaban J connectivity index is 0.00000312. The Morgan fingerprint density at radius 3 is 2.60 bits per heavy atom. The van der Waals surface area contributed by atoms with Crippen molar-refractivity contribution >= 4 is 41.3 Å². The fourth-order valence-electron chi connectivity index (χ4n) is 2.87. The largest absolute Gasteiger partial charge is 0.357 e. The summed E-state index contributed by atoms with van der Waals surface area (Å²) in [6, 6.07) is 2.16. The molecule has 2 rings (SSSR count). The topological polar surface area (TPSA) is 42.9 Å². The minimum absolute atomic E-state index is 0. The summed E-state index contributed by atoms with van der Waals surface area (Å²) >= 11 is 1.78. The van der Waals surface area contributed by atoms with E-state index < -0.39 is 0 Å². The van der Waals surface area contributed by atoms with Gasteiger partial charge in [0.2, 0.25) is 0 Å². The molecule has 1 aromatic heterocycles. The van der Waals surface area contributed by atoms with E-state index in [9.17, 15) is 0 Å². The minimum Gasteiger partial charge on any atom is -0.357 e. The molecule has 1 saturated heterocycles. The van der Waals surface area contributed by atoms with Gasteiger partial charge in [0.25, 0.3) is 0 Å². The van der Waals surface area contributed by atoms with Gasteiger partial charge in [-0.05, 0) is 43.8 Å². The zero-order chi connectivity index (χ0) is 17.4. The molecule has 0 aliphatic carbocycles. The number of nitrogens with zero attached hydrogens (tertiary/aromatic N) is 3. The first-order chi connectivity index (χ1) is 11.6. The Morgan fingerprint density at radius 2 is 2.00 bits per heavy atom. The average molecular weight is 479 g/mol. The molecular formula is C18H34IN5S. The lowest BCUT2D eigenvalue weighted by Gasteiger charge is -2.34. The van der Waals surface area contributed by atoms with Crippen LogP contribution in [0, 0.1) is 12.8 Å². The molecule has 1 aliphatic rings. The van der Waals surface area contributed by atoms with Crippen LogP contribution in [0.3, 0.4) is 0 Å². The summed E-state index contributed by atoms with van der Waals surface area (Å²) in [6.45, 7) is 15.1. The molecule has 144 valence electrons. The van der Waals surface area contributed by atoms with E-state index in [4.69, 9.17) is 4.99 Å². The lowest BCUT2D eigenvalue weighted by atomic mass is 10.1. The lowest BCUT2D eigenvalue weighted by molar-refractivity contribution is 0.139. The van der Waals surface area contributed by atoms with Gasteiger partial charge < -0.3 is 20.4 Å². The van der Waals surface area contributed by atoms with Crippen LogP contribution in [0.1, 0.15) is 24.3 Å². The monoisotopic (exact) mass is 479 g/mol. The van der Waals surface area contributed by atoms with Crippen LogP contribution in [0.25, 0.3) is 0 Å². The standard InChI is InChI=1S/C18H33N5S.HI/c1-5-19-18(21-13-17-16(3)6-11-24-17)20-12-15(2)14-23-9-7-22(4)8-10-23;/h6,11,15H,5,7-10,12-14H2,1-4H3,(H2,19,20,21);1H. The van der Waals surface area contributed by atoms with Gasteiger partial charge >= 0.3 is 0 Å². The summed E-state index contributed by atoms with van der Waals surface area (Å²) in [5.41, 5.74) is 1.34. The Hall–Kier alpha value is -0.380. The highest BCUT2D eigenvalue weighted by Gasteiger charge is 2.16. The fraction of sp³-hybridized carbons (Fsp3) is 0.722. The molecule has 1 aromatic rings. The van der Waals surface area contributed by atoms with Gasteiger partial charge in [-0.15, -0.1) is 35.3 Å². The molecule has 7 heteroatoms. The third kappa shape index (κ3) is 8.23. The smallest absolute Gasteiger partial charge is 0.191 e. The number of likely N-dealkylation sites (N-methyl/N-ethyl adjacent to an activating group) is 1. The maximum absolute atomic E-state index is 4.73. The Kier molecular flexibility index (Phi) is 11.0. The molecule has 5 nitrogen and oxygen atoms in total. The zero-order valence-electron chi connectivity index (χ0n) is 16.0. The van der Waals surface area contributed by atoms with E-state index in [0.717, 1.165) is 32.1 Å². The van der Waals surface area contributed by atoms with E-state index in [1.165, 1.54) is 36.6 Å². The quantitative estimate of drug-likeness (QED) is 0.359. The highest BCUT2D eigenvalue weighted by atomic mass is 127. The number of halogens is 1. The van der Waals surface area contributed by atoms with E-state index >= 15 is 0 Å². The first-order valence-corrected chi connectivity index (χ1v) is 9.92. The lowest BCUT2D eigenvalue weighted by Crippen LogP contribution is -2.47. The van der Waals surface area contributed by atoms with Gasteiger partial charge in [-0.3, -0.25) is 0 Å². The van der Waals surface area contributed by atoms with Crippen molar-refractivity contribution < 1.29 is 0 Å². The summed E-state index contributed by atoms with van der Waals surface area (Å²) in [7, 11) is 2.21. The molecule has 0 aromatic carbocycles. The van der Waals surface area contributed by atoms with Crippen molar-refractivity contribution in [3.8, 4) is 0 Å². The molecule has 1 unspecified atom stereocenters. The van der Waals surface area contributed by atoms with Crippen molar-refractivity contribution in [1.29, 1.82) is 0 Å². The molecule has 2 heterocycles. The molecule has 2 N–H and O–H groups in total. The summed E-state index contributed by atoms with van der Waals surface area (Å²) in [4.78, 5) is 11.1. The molecular weight excluding hydrogens is 445 g/mol. The molecule has 0 bridgehead atoms. The van der Waals surface area contributed by atoms with Crippen molar-refractivity contribution in [2.75, 3.05) is 52.9 Å². The molecule has 25 heavy (non-hydrogen) atoms. The van der Waals surface area contributed by atoms with Crippen LogP contribution in [-0.2, 0) is 6.54 Å². The maximum atomic E-state index is 4.73. The van der Waals surface area contributed by atoms with Crippen molar-refractivity contribution in [3.05, 3.63) is 21.9 Å². The predicted molar refractivity (Wildman–Crippen MR) is 120 cm³/mol. The summed E-state index contributed by atoms with van der Waals surface area (Å²) in [5, 5.41) is 9.00. The normalized spacial score (nSPS) is 17.8. The molecule has 1 aliphatic heterocycles. The average Bonchev–Trinajstić information content (AvgIpc) is 2.97. The fourth-order valence-corrected chi connectivity index (χ4v) is 3.69. The zero-order valence-corrected chi connectivity index (χ0v) is 19.2. The molecule has 1 atom stereocenters. The summed E-state index contributed by atoms with van der Waals surface area (Å²) in [6.07, 6.45) is 0. The van der Waals surface area contributed by atoms with E-state index in [2.05, 4.69) is 59.7 Å². The number of rotatable bonds is 7. The van der Waals surface area contributed by atoms with Gasteiger partial charge in [0.1, 0.15) is 0 Å². The number of guanidine groups is 1. The van der Waals surface area contributed by atoms with Crippen LogP contribution in [-0.4, -0.2) is 68.6 Å². The van der Waals surface area contributed by atoms with E-state index in [1.807, 2.05) is 0 Å². The molecule has 1 fully saturated rings. The molecule has 0 radical (unpaired) electrons. The van der Waals surface area contributed by atoms with E-state index in [0.29, 0.717) is 5.92 Å². The summed E-state index contributed by atoms with van der Waals surface area (Å²) in [5.74, 6) is 1.54. The van der Waals surface area contributed by atoms with Crippen LogP contribution < -0.4 is 10.6 Å². The number of thiophene rings is 1. The van der Waals surface area contributed by atoms with Crippen molar-refractivity contribution in [1.82, 2.24) is 20.4 Å². The first kappa shape index (κ1) is 22.7. The Labute approximate surface area is 174 Å². The van der Waals surface area contributed by atoms with Crippen molar-refractivity contribution in [2.45, 2.75) is 27.3 Å². The number of aliphatic imine (C=N–C) groups is 1. The number of piperazine rings is 1. The number of aryl methyl sites for hydroxylation is 1. The predicted octanol–water partition coefficient (Wildman–Crippen LogP) is 2.61. The highest BCUT2D eigenvalue weighted by Crippen LogP contribution is 2.16. The van der Waals surface area contributed by atoms with Crippen LogP contribution in [0.2, 0.25) is 0 Å². The SMILES string of the molecule is CCNC(=NCc1sccc1C)NCC(C)CN1CCN(C)CC1.I. The minimum atomic E-state index is 0. The van der Waals surface area contributed by atoms with Crippen LogP contribution in [0.5, 0.6) is 0 Å². The molecule has 0 saturated carbocycles. The number of hydrogen-bond donors (Lipinski definition) is 2. The van der Waals surface area contributed by atoms with Gasteiger partial charge in [-0.1, -0.05) is 6.92 Å². The molecule has 0 spiro atoms. The van der Waals surface area contributed by atoms with Crippen LogP contribution in [0.4, 0.5) is 0 Å². The third-order valence-corrected chi connectivity index (χ3v) is 5.48. The van der Waals surface area contributed by atoms with Crippen LogP contribution in [0.15, 0.2) is 16.4 Å². The van der Waals surface area contributed by atoms with Gasteiger partial charge in [0.15, 0.2) is 5.96 Å². The van der Waals surface area contributed by atoms with E-state index in [-0.39, 0.29) is 24.0 Å². The Morgan fingerprint density at radius 1 is 1.28 bits per heavy atom. The number of nitrogens with one attached hydrogen (secondary N) is 2. The van der Waals surface area contributed by atoms with Crippen molar-refractivity contribution in [2.24, 2.45) is 10.9 Å². The van der Waals surface area contributed by atoms with Gasteiger partial charge in [-0.25, -0.2) is 4.99 Å². The maximum Gasteiger partial charge on any atom is 0.191 e.